The van der Waals surface area contributed by atoms with Gasteiger partial charge in [0.2, 0.25) is 0 Å². The van der Waals surface area contributed by atoms with Crippen LogP contribution in [-0.2, 0) is 6.54 Å². The number of aliphatic hydroxyl groups is 1. The van der Waals surface area contributed by atoms with Crippen LogP contribution in [0.1, 0.15) is 31.4 Å². The van der Waals surface area contributed by atoms with E-state index >= 15 is 0 Å². The number of aliphatic hydroxyl groups excluding tert-OH is 1. The van der Waals surface area contributed by atoms with E-state index in [2.05, 4.69) is 19.2 Å². The molecule has 0 bridgehead atoms. The second kappa shape index (κ2) is 7.10. The van der Waals surface area contributed by atoms with Gasteiger partial charge in [0, 0.05) is 24.8 Å². The Bertz CT molecular complexity index is 426. The maximum atomic E-state index is 13.6. The Morgan fingerprint density at radius 2 is 2.17 bits per heavy atom. The lowest BCUT2D eigenvalue weighted by Gasteiger charge is -2.21. The van der Waals surface area contributed by atoms with Gasteiger partial charge >= 0.3 is 0 Å². The van der Waals surface area contributed by atoms with Crippen molar-refractivity contribution in [1.29, 1.82) is 5.26 Å². The highest BCUT2D eigenvalue weighted by Gasteiger charge is 2.13. The van der Waals surface area contributed by atoms with Gasteiger partial charge in [0.25, 0.3) is 0 Å². The summed E-state index contributed by atoms with van der Waals surface area (Å²) in [7, 11) is 0. The monoisotopic (exact) mass is 250 g/mol. The summed E-state index contributed by atoms with van der Waals surface area (Å²) in [6.07, 6.45) is 0.648. The number of halogens is 1. The standard InChI is InChI=1S/C14H19FN2O/c1-10(2)14(5-6-18)17-9-12-4-3-11(8-16)7-13(12)15/h3-4,7,10,14,17-18H,5-6,9H2,1-2H3. The van der Waals surface area contributed by atoms with Crippen molar-refractivity contribution in [3.63, 3.8) is 0 Å². The lowest BCUT2D eigenvalue weighted by atomic mass is 10.0. The van der Waals surface area contributed by atoms with Gasteiger partial charge in [-0.2, -0.15) is 5.26 Å². The molecule has 0 fully saturated rings. The molecular formula is C14H19FN2O. The molecule has 1 aromatic rings. The predicted molar refractivity (Wildman–Crippen MR) is 68.3 cm³/mol. The Morgan fingerprint density at radius 3 is 2.67 bits per heavy atom. The number of hydrogen-bond donors (Lipinski definition) is 2. The first-order valence-corrected chi connectivity index (χ1v) is 6.11. The van der Waals surface area contributed by atoms with Crippen molar-refractivity contribution in [3.8, 4) is 6.07 Å². The molecule has 1 atom stereocenters. The van der Waals surface area contributed by atoms with Crippen molar-refractivity contribution in [1.82, 2.24) is 5.32 Å². The summed E-state index contributed by atoms with van der Waals surface area (Å²) in [5.74, 6) is 0.00616. The third kappa shape index (κ3) is 4.10. The molecule has 1 unspecified atom stereocenters. The first-order chi connectivity index (χ1) is 8.58. The van der Waals surface area contributed by atoms with Crippen LogP contribution in [0.5, 0.6) is 0 Å². The number of nitriles is 1. The summed E-state index contributed by atoms with van der Waals surface area (Å²) in [5.41, 5.74) is 0.865. The van der Waals surface area contributed by atoms with Gasteiger partial charge in [0.15, 0.2) is 0 Å². The second-order valence-electron chi connectivity index (χ2n) is 4.66. The predicted octanol–water partition coefficient (Wildman–Crippen LogP) is 2.19. The average Bonchev–Trinajstić information content (AvgIpc) is 2.35. The van der Waals surface area contributed by atoms with Gasteiger partial charge in [-0.3, -0.25) is 0 Å². The first-order valence-electron chi connectivity index (χ1n) is 6.11. The molecule has 0 radical (unpaired) electrons. The molecule has 1 aromatic carbocycles. The fraction of sp³-hybridized carbons (Fsp3) is 0.500. The fourth-order valence-corrected chi connectivity index (χ4v) is 1.81. The van der Waals surface area contributed by atoms with Crippen LogP contribution in [0, 0.1) is 23.1 Å². The lowest BCUT2D eigenvalue weighted by Crippen LogP contribution is -2.34. The van der Waals surface area contributed by atoms with E-state index in [1.807, 2.05) is 6.07 Å². The highest BCUT2D eigenvalue weighted by molar-refractivity contribution is 5.32. The second-order valence-corrected chi connectivity index (χ2v) is 4.66. The van der Waals surface area contributed by atoms with Crippen LogP contribution in [0.4, 0.5) is 4.39 Å². The molecule has 0 aromatic heterocycles. The van der Waals surface area contributed by atoms with E-state index in [0.717, 1.165) is 0 Å². The van der Waals surface area contributed by atoms with Gasteiger partial charge in [-0.25, -0.2) is 4.39 Å². The van der Waals surface area contributed by atoms with Crippen LogP contribution >= 0.6 is 0 Å². The number of nitrogens with one attached hydrogen (secondary N) is 1. The minimum atomic E-state index is -0.368. The normalized spacial score (nSPS) is 12.4. The topological polar surface area (TPSA) is 56.0 Å². The van der Waals surface area contributed by atoms with Gasteiger partial charge in [-0.05, 0) is 24.5 Å². The fourth-order valence-electron chi connectivity index (χ4n) is 1.81. The molecule has 0 aliphatic carbocycles. The van der Waals surface area contributed by atoms with E-state index in [4.69, 9.17) is 10.4 Å². The summed E-state index contributed by atoms with van der Waals surface area (Å²) in [6, 6.07) is 6.54. The van der Waals surface area contributed by atoms with Crippen LogP contribution < -0.4 is 5.32 Å². The molecule has 2 N–H and O–H groups in total. The zero-order valence-corrected chi connectivity index (χ0v) is 10.8. The number of hydrogen-bond acceptors (Lipinski definition) is 3. The average molecular weight is 250 g/mol. The van der Waals surface area contributed by atoms with Crippen LogP contribution in [0.3, 0.4) is 0 Å². The maximum Gasteiger partial charge on any atom is 0.129 e. The van der Waals surface area contributed by atoms with E-state index in [-0.39, 0.29) is 18.5 Å². The highest BCUT2D eigenvalue weighted by Crippen LogP contribution is 2.12. The van der Waals surface area contributed by atoms with E-state index in [0.29, 0.717) is 30.0 Å². The van der Waals surface area contributed by atoms with Crippen molar-refractivity contribution in [2.75, 3.05) is 6.61 Å². The molecule has 1 rings (SSSR count). The number of nitrogens with zero attached hydrogens (tertiary/aromatic N) is 1. The van der Waals surface area contributed by atoms with Crippen LogP contribution in [0.2, 0.25) is 0 Å². The SMILES string of the molecule is CC(C)C(CCO)NCc1ccc(C#N)cc1F. The molecule has 0 spiro atoms. The van der Waals surface area contributed by atoms with Gasteiger partial charge in [-0.15, -0.1) is 0 Å². The Balaban J connectivity index is 2.65. The van der Waals surface area contributed by atoms with Gasteiger partial charge in [0.05, 0.1) is 11.6 Å². The van der Waals surface area contributed by atoms with E-state index in [1.165, 1.54) is 6.07 Å². The van der Waals surface area contributed by atoms with Crippen molar-refractivity contribution >= 4 is 0 Å². The third-order valence-electron chi connectivity index (χ3n) is 2.98. The minimum absolute atomic E-state index is 0.117. The summed E-state index contributed by atoms with van der Waals surface area (Å²) in [4.78, 5) is 0. The van der Waals surface area contributed by atoms with E-state index in [9.17, 15) is 4.39 Å². The van der Waals surface area contributed by atoms with E-state index < -0.39 is 0 Å². The van der Waals surface area contributed by atoms with Crippen molar-refractivity contribution in [2.24, 2.45) is 5.92 Å². The lowest BCUT2D eigenvalue weighted by molar-refractivity contribution is 0.243. The molecule has 0 heterocycles. The molecule has 3 nitrogen and oxygen atoms in total. The summed E-state index contributed by atoms with van der Waals surface area (Å²) in [6.45, 7) is 4.64. The highest BCUT2D eigenvalue weighted by atomic mass is 19.1. The van der Waals surface area contributed by atoms with Crippen LogP contribution in [-0.4, -0.2) is 17.8 Å². The van der Waals surface area contributed by atoms with Crippen molar-refractivity contribution < 1.29 is 9.50 Å². The Labute approximate surface area is 107 Å². The Hall–Kier alpha value is -1.44. The van der Waals surface area contributed by atoms with Crippen LogP contribution in [0.25, 0.3) is 0 Å². The summed E-state index contributed by atoms with van der Waals surface area (Å²) < 4.78 is 13.6. The molecule has 18 heavy (non-hydrogen) atoms. The quantitative estimate of drug-likeness (QED) is 0.813. The first kappa shape index (κ1) is 14.6. The number of benzene rings is 1. The molecule has 0 saturated heterocycles. The molecule has 98 valence electrons. The zero-order chi connectivity index (χ0) is 13.5. The van der Waals surface area contributed by atoms with Crippen LogP contribution in [0.15, 0.2) is 18.2 Å². The molecule has 0 amide bonds. The zero-order valence-electron chi connectivity index (χ0n) is 10.8. The molecule has 4 heteroatoms. The molecular weight excluding hydrogens is 231 g/mol. The van der Waals surface area contributed by atoms with E-state index in [1.54, 1.807) is 12.1 Å². The maximum absolute atomic E-state index is 13.6. The molecule has 0 saturated carbocycles. The van der Waals surface area contributed by atoms with Gasteiger partial charge in [0.1, 0.15) is 5.82 Å². The Kier molecular flexibility index (Phi) is 5.76. The van der Waals surface area contributed by atoms with Crippen molar-refractivity contribution in [2.45, 2.75) is 32.9 Å². The minimum Gasteiger partial charge on any atom is -0.396 e. The smallest absolute Gasteiger partial charge is 0.129 e. The number of rotatable bonds is 6. The molecule has 0 aliphatic rings. The molecule has 0 aliphatic heterocycles. The van der Waals surface area contributed by atoms with Gasteiger partial charge in [-0.1, -0.05) is 19.9 Å². The van der Waals surface area contributed by atoms with Gasteiger partial charge < -0.3 is 10.4 Å². The third-order valence-corrected chi connectivity index (χ3v) is 2.98. The Morgan fingerprint density at radius 1 is 1.44 bits per heavy atom. The summed E-state index contributed by atoms with van der Waals surface area (Å²) in [5, 5.41) is 20.8. The largest absolute Gasteiger partial charge is 0.396 e. The summed E-state index contributed by atoms with van der Waals surface area (Å²) >= 11 is 0. The van der Waals surface area contributed by atoms with Crippen molar-refractivity contribution in [3.05, 3.63) is 35.1 Å².